The average Bonchev–Trinajstić information content (AvgIpc) is 3.17. The van der Waals surface area contributed by atoms with Gasteiger partial charge in [-0.05, 0) is 35.7 Å². The topological polar surface area (TPSA) is 62.6 Å². The lowest BCUT2D eigenvalue weighted by atomic mass is 10.2. The normalized spacial score (nSPS) is 15.6. The standard InChI is InChI=1S/C21H21ClFN3O3S/c22-18-15-17(5-6-19(18)23)30(28,29)26-13-11-25(12-14-26)21(27)8-10-24-9-7-16-3-1-2-4-20(16)24/h1-7,9,15H,8,10-14H2. The Morgan fingerprint density at radius 2 is 1.77 bits per heavy atom. The van der Waals surface area contributed by atoms with Gasteiger partial charge in [-0.3, -0.25) is 4.79 Å². The SMILES string of the molecule is O=C(CCn1ccc2ccccc21)N1CCN(S(=O)(=O)c2ccc(F)c(Cl)c2)CC1. The zero-order valence-electron chi connectivity index (χ0n) is 16.2. The number of carbonyl (C=O) groups excluding carboxylic acids is 1. The summed E-state index contributed by atoms with van der Waals surface area (Å²) in [6.07, 6.45) is 2.31. The van der Waals surface area contributed by atoms with Crippen LogP contribution in [0.3, 0.4) is 0 Å². The van der Waals surface area contributed by atoms with Gasteiger partial charge in [0.2, 0.25) is 15.9 Å². The zero-order valence-corrected chi connectivity index (χ0v) is 17.7. The summed E-state index contributed by atoms with van der Waals surface area (Å²) >= 11 is 5.72. The van der Waals surface area contributed by atoms with Gasteiger partial charge in [0.05, 0.1) is 9.92 Å². The quantitative estimate of drug-likeness (QED) is 0.600. The van der Waals surface area contributed by atoms with Gasteiger partial charge in [-0.1, -0.05) is 29.8 Å². The number of hydrogen-bond donors (Lipinski definition) is 0. The van der Waals surface area contributed by atoms with Crippen molar-refractivity contribution in [3.63, 3.8) is 0 Å². The fourth-order valence-electron chi connectivity index (χ4n) is 3.67. The number of sulfonamides is 1. The Balaban J connectivity index is 1.35. The fourth-order valence-corrected chi connectivity index (χ4v) is 5.37. The van der Waals surface area contributed by atoms with Crippen LogP contribution in [0.1, 0.15) is 6.42 Å². The number of fused-ring (bicyclic) bond motifs is 1. The molecule has 1 saturated heterocycles. The number of para-hydroxylation sites is 1. The molecular weight excluding hydrogens is 429 g/mol. The first-order valence-corrected chi connectivity index (χ1v) is 11.4. The third kappa shape index (κ3) is 4.08. The number of aromatic nitrogens is 1. The number of amides is 1. The van der Waals surface area contributed by atoms with Crippen LogP contribution in [-0.2, 0) is 21.4 Å². The maximum absolute atomic E-state index is 13.3. The molecule has 9 heteroatoms. The Morgan fingerprint density at radius 1 is 1.03 bits per heavy atom. The van der Waals surface area contributed by atoms with Crippen LogP contribution >= 0.6 is 11.6 Å². The van der Waals surface area contributed by atoms with Crippen molar-refractivity contribution in [3.05, 3.63) is 65.6 Å². The van der Waals surface area contributed by atoms with Crippen LogP contribution in [0.25, 0.3) is 10.9 Å². The Kier molecular flexibility index (Phi) is 5.81. The van der Waals surface area contributed by atoms with E-state index in [0.717, 1.165) is 23.0 Å². The van der Waals surface area contributed by atoms with Gasteiger partial charge >= 0.3 is 0 Å². The molecular formula is C21H21ClFN3O3S. The van der Waals surface area contributed by atoms with Crippen LogP contribution in [0.5, 0.6) is 0 Å². The maximum Gasteiger partial charge on any atom is 0.243 e. The molecule has 4 rings (SSSR count). The highest BCUT2D eigenvalue weighted by molar-refractivity contribution is 7.89. The van der Waals surface area contributed by atoms with Crippen LogP contribution in [0.15, 0.2) is 59.6 Å². The molecule has 1 amide bonds. The number of halogens is 2. The number of carbonyl (C=O) groups is 1. The molecule has 1 aromatic heterocycles. The van der Waals surface area contributed by atoms with E-state index in [2.05, 4.69) is 0 Å². The first-order valence-electron chi connectivity index (χ1n) is 9.63. The van der Waals surface area contributed by atoms with Crippen LogP contribution in [0.4, 0.5) is 4.39 Å². The van der Waals surface area contributed by atoms with Crippen molar-refractivity contribution in [2.24, 2.45) is 0 Å². The summed E-state index contributed by atoms with van der Waals surface area (Å²) in [5, 5.41) is 0.895. The third-order valence-electron chi connectivity index (χ3n) is 5.37. The van der Waals surface area contributed by atoms with E-state index in [1.165, 1.54) is 10.4 Å². The first kappa shape index (κ1) is 20.8. The second-order valence-corrected chi connectivity index (χ2v) is 9.52. The number of benzene rings is 2. The molecule has 1 aliphatic heterocycles. The van der Waals surface area contributed by atoms with Crippen molar-refractivity contribution in [2.75, 3.05) is 26.2 Å². The summed E-state index contributed by atoms with van der Waals surface area (Å²) < 4.78 is 42.2. The highest BCUT2D eigenvalue weighted by Crippen LogP contribution is 2.23. The molecule has 0 saturated carbocycles. The molecule has 3 aromatic rings. The molecule has 1 aliphatic rings. The van der Waals surface area contributed by atoms with Crippen molar-refractivity contribution in [1.29, 1.82) is 0 Å². The van der Waals surface area contributed by atoms with Crippen molar-refractivity contribution in [2.45, 2.75) is 17.9 Å². The molecule has 0 radical (unpaired) electrons. The van der Waals surface area contributed by atoms with E-state index in [1.54, 1.807) is 4.90 Å². The second-order valence-electron chi connectivity index (χ2n) is 7.18. The Hall–Kier alpha value is -2.42. The van der Waals surface area contributed by atoms with Crippen molar-refractivity contribution >= 4 is 38.4 Å². The highest BCUT2D eigenvalue weighted by Gasteiger charge is 2.30. The third-order valence-corrected chi connectivity index (χ3v) is 7.55. The lowest BCUT2D eigenvalue weighted by Gasteiger charge is -2.34. The van der Waals surface area contributed by atoms with Crippen LogP contribution < -0.4 is 0 Å². The Morgan fingerprint density at radius 3 is 2.50 bits per heavy atom. The van der Waals surface area contributed by atoms with E-state index in [9.17, 15) is 17.6 Å². The summed E-state index contributed by atoms with van der Waals surface area (Å²) in [5.74, 6) is -0.670. The monoisotopic (exact) mass is 449 g/mol. The van der Waals surface area contributed by atoms with E-state index in [1.807, 2.05) is 41.1 Å². The molecule has 0 unspecified atom stereocenters. The fraction of sp³-hybridized carbons (Fsp3) is 0.286. The predicted molar refractivity (Wildman–Crippen MR) is 113 cm³/mol. The molecule has 158 valence electrons. The van der Waals surface area contributed by atoms with Crippen LogP contribution in [0.2, 0.25) is 5.02 Å². The van der Waals surface area contributed by atoms with Crippen LogP contribution in [0, 0.1) is 5.82 Å². The van der Waals surface area contributed by atoms with Gasteiger partial charge in [0.15, 0.2) is 0 Å². The van der Waals surface area contributed by atoms with E-state index in [0.29, 0.717) is 26.1 Å². The lowest BCUT2D eigenvalue weighted by molar-refractivity contribution is -0.132. The van der Waals surface area contributed by atoms with Gasteiger partial charge in [0.1, 0.15) is 5.82 Å². The highest BCUT2D eigenvalue weighted by atomic mass is 35.5. The molecule has 2 aromatic carbocycles. The molecule has 1 fully saturated rings. The second kappa shape index (κ2) is 8.37. The van der Waals surface area contributed by atoms with E-state index in [-0.39, 0.29) is 28.9 Å². The van der Waals surface area contributed by atoms with Gasteiger partial charge in [-0.25, -0.2) is 12.8 Å². The van der Waals surface area contributed by atoms with Crippen LogP contribution in [-0.4, -0.2) is 54.3 Å². The minimum absolute atomic E-state index is 0.00495. The molecule has 0 spiro atoms. The lowest BCUT2D eigenvalue weighted by Crippen LogP contribution is -2.50. The smallest absolute Gasteiger partial charge is 0.243 e. The molecule has 6 nitrogen and oxygen atoms in total. The summed E-state index contributed by atoms with van der Waals surface area (Å²) in [4.78, 5) is 14.3. The summed E-state index contributed by atoms with van der Waals surface area (Å²) in [7, 11) is -3.78. The van der Waals surface area contributed by atoms with Crippen molar-refractivity contribution < 1.29 is 17.6 Å². The minimum atomic E-state index is -3.78. The average molecular weight is 450 g/mol. The number of hydrogen-bond acceptors (Lipinski definition) is 3. The summed E-state index contributed by atoms with van der Waals surface area (Å²) in [5.41, 5.74) is 1.08. The largest absolute Gasteiger partial charge is 0.347 e. The summed E-state index contributed by atoms with van der Waals surface area (Å²) in [6.45, 7) is 1.59. The maximum atomic E-state index is 13.3. The summed E-state index contributed by atoms with van der Waals surface area (Å²) in [6, 6.07) is 13.4. The molecule has 0 bridgehead atoms. The molecule has 30 heavy (non-hydrogen) atoms. The Labute approximate surface area is 179 Å². The van der Waals surface area contributed by atoms with Crippen molar-refractivity contribution in [1.82, 2.24) is 13.8 Å². The molecule has 0 aliphatic carbocycles. The Bertz CT molecular complexity index is 1190. The van der Waals surface area contributed by atoms with Gasteiger partial charge in [-0.15, -0.1) is 0 Å². The number of nitrogens with zero attached hydrogens (tertiary/aromatic N) is 3. The molecule has 2 heterocycles. The van der Waals surface area contributed by atoms with Gasteiger partial charge in [-0.2, -0.15) is 4.31 Å². The number of rotatable bonds is 5. The van der Waals surface area contributed by atoms with Gasteiger partial charge in [0.25, 0.3) is 0 Å². The first-order chi connectivity index (χ1) is 14.4. The van der Waals surface area contributed by atoms with Crippen molar-refractivity contribution in [3.8, 4) is 0 Å². The zero-order chi connectivity index (χ0) is 21.3. The number of piperazine rings is 1. The minimum Gasteiger partial charge on any atom is -0.347 e. The predicted octanol–water partition coefficient (Wildman–Crippen LogP) is 3.36. The van der Waals surface area contributed by atoms with E-state index in [4.69, 9.17) is 11.6 Å². The molecule has 0 N–H and O–H groups in total. The van der Waals surface area contributed by atoms with Gasteiger partial charge < -0.3 is 9.47 Å². The number of aryl methyl sites for hydroxylation is 1. The van der Waals surface area contributed by atoms with E-state index < -0.39 is 15.8 Å². The molecule has 0 atom stereocenters. The van der Waals surface area contributed by atoms with Gasteiger partial charge in [0, 0.05) is 50.9 Å². The van der Waals surface area contributed by atoms with E-state index >= 15 is 0 Å².